The number of sulfonamides is 1. The lowest BCUT2D eigenvalue weighted by atomic mass is 10.1. The van der Waals surface area contributed by atoms with Crippen molar-refractivity contribution in [1.29, 1.82) is 0 Å². The molecule has 1 aromatic heterocycles. The lowest BCUT2D eigenvalue weighted by Gasteiger charge is -2.11. The van der Waals surface area contributed by atoms with Crippen LogP contribution in [-0.2, 0) is 16.4 Å². The van der Waals surface area contributed by atoms with E-state index in [1.807, 2.05) is 12.1 Å². The summed E-state index contributed by atoms with van der Waals surface area (Å²) in [5.41, 5.74) is 1.85. The van der Waals surface area contributed by atoms with E-state index in [2.05, 4.69) is 48.5 Å². The minimum absolute atomic E-state index is 0.229. The molecule has 0 fully saturated rings. The van der Waals surface area contributed by atoms with Crippen molar-refractivity contribution < 1.29 is 8.42 Å². The van der Waals surface area contributed by atoms with E-state index in [0.717, 1.165) is 29.3 Å². The number of pyridine rings is 1. The van der Waals surface area contributed by atoms with Gasteiger partial charge in [0.2, 0.25) is 0 Å². The highest BCUT2D eigenvalue weighted by molar-refractivity contribution is 9.11. The van der Waals surface area contributed by atoms with E-state index in [9.17, 15) is 8.42 Å². The fraction of sp³-hybridized carbons (Fsp3) is 0.312. The van der Waals surface area contributed by atoms with E-state index in [-0.39, 0.29) is 10.7 Å². The van der Waals surface area contributed by atoms with Crippen molar-refractivity contribution in [2.75, 3.05) is 4.72 Å². The van der Waals surface area contributed by atoms with Gasteiger partial charge in [0.15, 0.2) is 5.82 Å². The standard InChI is InChI=1S/C16H18Br2N2O2S/c1-3-4-5-12-6-8-13(9-7-12)23(21,22)20-16-15(18)10-14(17)11(2)19-16/h6-10H,3-5H2,1-2H3,(H,19,20). The summed E-state index contributed by atoms with van der Waals surface area (Å²) >= 11 is 6.69. The molecule has 0 saturated carbocycles. The number of rotatable bonds is 6. The zero-order chi connectivity index (χ0) is 17.0. The van der Waals surface area contributed by atoms with Crippen molar-refractivity contribution in [1.82, 2.24) is 4.98 Å². The average molecular weight is 462 g/mol. The van der Waals surface area contributed by atoms with Gasteiger partial charge in [-0.05, 0) is 75.4 Å². The van der Waals surface area contributed by atoms with Crippen LogP contribution < -0.4 is 4.72 Å². The molecule has 7 heteroatoms. The van der Waals surface area contributed by atoms with Crippen LogP contribution in [0.5, 0.6) is 0 Å². The van der Waals surface area contributed by atoms with E-state index in [1.165, 1.54) is 0 Å². The number of benzene rings is 1. The highest BCUT2D eigenvalue weighted by Crippen LogP contribution is 2.28. The molecule has 2 aromatic rings. The van der Waals surface area contributed by atoms with Crippen molar-refractivity contribution in [2.24, 2.45) is 0 Å². The highest BCUT2D eigenvalue weighted by Gasteiger charge is 2.17. The summed E-state index contributed by atoms with van der Waals surface area (Å²) in [7, 11) is -3.66. The highest BCUT2D eigenvalue weighted by atomic mass is 79.9. The van der Waals surface area contributed by atoms with Crippen molar-refractivity contribution in [3.63, 3.8) is 0 Å². The summed E-state index contributed by atoms with van der Waals surface area (Å²) in [4.78, 5) is 4.49. The molecule has 0 aliphatic rings. The van der Waals surface area contributed by atoms with E-state index in [1.54, 1.807) is 25.1 Å². The molecular weight excluding hydrogens is 444 g/mol. The Labute approximate surface area is 154 Å². The minimum Gasteiger partial charge on any atom is -0.262 e. The lowest BCUT2D eigenvalue weighted by molar-refractivity contribution is 0.601. The van der Waals surface area contributed by atoms with Gasteiger partial charge in [0, 0.05) is 4.47 Å². The molecule has 0 saturated heterocycles. The van der Waals surface area contributed by atoms with Crippen LogP contribution in [0.1, 0.15) is 31.0 Å². The predicted octanol–water partition coefficient (Wildman–Crippen LogP) is 5.06. The Hall–Kier alpha value is -0.920. The number of anilines is 1. The summed E-state index contributed by atoms with van der Waals surface area (Å²) in [6.07, 6.45) is 3.17. The molecule has 4 nitrogen and oxygen atoms in total. The molecule has 2 rings (SSSR count). The Balaban J connectivity index is 2.23. The molecule has 124 valence electrons. The van der Waals surface area contributed by atoms with Gasteiger partial charge in [0.05, 0.1) is 15.1 Å². The Bertz CT molecular complexity index is 790. The third-order valence-corrected chi connectivity index (χ3v) is 6.15. The van der Waals surface area contributed by atoms with E-state index in [0.29, 0.717) is 10.2 Å². The normalized spacial score (nSPS) is 11.5. The molecule has 23 heavy (non-hydrogen) atoms. The van der Waals surface area contributed by atoms with Crippen LogP contribution in [0, 0.1) is 6.92 Å². The van der Waals surface area contributed by atoms with Gasteiger partial charge in [-0.1, -0.05) is 25.5 Å². The molecular formula is C16H18Br2N2O2S. The summed E-state index contributed by atoms with van der Waals surface area (Å²) in [6, 6.07) is 8.76. The first-order valence-electron chi connectivity index (χ1n) is 7.28. The SMILES string of the molecule is CCCCc1ccc(S(=O)(=O)Nc2nc(C)c(Br)cc2Br)cc1. The van der Waals surface area contributed by atoms with Gasteiger partial charge in [0.25, 0.3) is 10.0 Å². The van der Waals surface area contributed by atoms with Crippen molar-refractivity contribution >= 4 is 47.7 Å². The zero-order valence-corrected chi connectivity index (χ0v) is 16.9. The first-order valence-corrected chi connectivity index (χ1v) is 10.3. The van der Waals surface area contributed by atoms with Crippen LogP contribution in [0.4, 0.5) is 5.82 Å². The Morgan fingerprint density at radius 1 is 1.13 bits per heavy atom. The van der Waals surface area contributed by atoms with E-state index in [4.69, 9.17) is 0 Å². The maximum absolute atomic E-state index is 12.5. The number of halogens is 2. The molecule has 1 aromatic carbocycles. The Morgan fingerprint density at radius 2 is 1.78 bits per heavy atom. The molecule has 0 amide bonds. The first-order chi connectivity index (χ1) is 10.8. The first kappa shape index (κ1) is 18.4. The number of aromatic nitrogens is 1. The van der Waals surface area contributed by atoms with Crippen molar-refractivity contribution in [3.05, 3.63) is 50.5 Å². The number of hydrogen-bond acceptors (Lipinski definition) is 3. The maximum atomic E-state index is 12.5. The quantitative estimate of drug-likeness (QED) is 0.653. The van der Waals surface area contributed by atoms with E-state index < -0.39 is 10.0 Å². The van der Waals surface area contributed by atoms with Gasteiger partial charge >= 0.3 is 0 Å². The third-order valence-electron chi connectivity index (χ3n) is 3.39. The van der Waals surface area contributed by atoms with Crippen molar-refractivity contribution in [2.45, 2.75) is 38.0 Å². The summed E-state index contributed by atoms with van der Waals surface area (Å²) in [5, 5.41) is 0. The second-order valence-corrected chi connectivity index (χ2v) is 8.63. The molecule has 0 aliphatic carbocycles. The van der Waals surface area contributed by atoms with Crippen LogP contribution in [0.25, 0.3) is 0 Å². The fourth-order valence-electron chi connectivity index (χ4n) is 2.03. The molecule has 0 aliphatic heterocycles. The smallest absolute Gasteiger partial charge is 0.262 e. The van der Waals surface area contributed by atoms with Crippen LogP contribution >= 0.6 is 31.9 Å². The molecule has 0 bridgehead atoms. The summed E-state index contributed by atoms with van der Waals surface area (Å²) in [5.74, 6) is 0.278. The molecule has 0 radical (unpaired) electrons. The maximum Gasteiger partial charge on any atom is 0.263 e. The number of hydrogen-bond donors (Lipinski definition) is 1. The molecule has 0 atom stereocenters. The number of nitrogens with one attached hydrogen (secondary N) is 1. The summed E-state index contributed by atoms with van der Waals surface area (Å²) in [6.45, 7) is 3.94. The Morgan fingerprint density at radius 3 is 2.39 bits per heavy atom. The van der Waals surface area contributed by atoms with Gasteiger partial charge in [-0.3, -0.25) is 4.72 Å². The molecule has 0 spiro atoms. The minimum atomic E-state index is -3.66. The fourth-order valence-corrected chi connectivity index (χ4v) is 4.23. The predicted molar refractivity (Wildman–Crippen MR) is 100 cm³/mol. The van der Waals surface area contributed by atoms with Crippen LogP contribution in [-0.4, -0.2) is 13.4 Å². The van der Waals surface area contributed by atoms with Crippen molar-refractivity contribution in [3.8, 4) is 0 Å². The number of aryl methyl sites for hydroxylation is 2. The molecule has 1 heterocycles. The largest absolute Gasteiger partial charge is 0.263 e. The van der Waals surface area contributed by atoms with Crippen LogP contribution in [0.3, 0.4) is 0 Å². The number of nitrogens with zero attached hydrogens (tertiary/aromatic N) is 1. The van der Waals surface area contributed by atoms with Gasteiger partial charge in [0.1, 0.15) is 0 Å². The van der Waals surface area contributed by atoms with Gasteiger partial charge in [-0.2, -0.15) is 0 Å². The van der Waals surface area contributed by atoms with Crippen LogP contribution in [0.2, 0.25) is 0 Å². The van der Waals surface area contributed by atoms with Crippen LogP contribution in [0.15, 0.2) is 44.2 Å². The second-order valence-electron chi connectivity index (χ2n) is 5.24. The molecule has 0 unspecified atom stereocenters. The zero-order valence-electron chi connectivity index (χ0n) is 12.9. The molecule has 1 N–H and O–H groups in total. The van der Waals surface area contributed by atoms with E-state index >= 15 is 0 Å². The third kappa shape index (κ3) is 4.78. The topological polar surface area (TPSA) is 59.1 Å². The summed E-state index contributed by atoms with van der Waals surface area (Å²) < 4.78 is 28.9. The van der Waals surface area contributed by atoms with Gasteiger partial charge < -0.3 is 0 Å². The van der Waals surface area contributed by atoms with Gasteiger partial charge in [-0.25, -0.2) is 13.4 Å². The Kier molecular flexibility index (Phi) is 6.22. The monoisotopic (exact) mass is 460 g/mol. The number of unbranched alkanes of at least 4 members (excludes halogenated alkanes) is 1. The average Bonchev–Trinajstić information content (AvgIpc) is 2.51. The second kappa shape index (κ2) is 7.77. The lowest BCUT2D eigenvalue weighted by Crippen LogP contribution is -2.14. The van der Waals surface area contributed by atoms with Gasteiger partial charge in [-0.15, -0.1) is 0 Å².